The maximum atomic E-state index is 11.5. The molecule has 0 saturated heterocycles. The Morgan fingerprint density at radius 3 is 2.08 bits per heavy atom. The number of para-hydroxylation sites is 1. The monoisotopic (exact) mass is 382 g/mol. The van der Waals surface area contributed by atoms with Gasteiger partial charge in [0.15, 0.2) is 0 Å². The SMILES string of the molecule is NS(=O)(=O)c1ccc(-c2[nH]c3ccccc3c2-c2ccc(Cl)cc2)cc1. The van der Waals surface area contributed by atoms with Crippen LogP contribution in [-0.4, -0.2) is 13.4 Å². The minimum absolute atomic E-state index is 0.0883. The molecule has 0 spiro atoms. The minimum Gasteiger partial charge on any atom is -0.354 e. The second kappa shape index (κ2) is 6.29. The first-order valence-corrected chi connectivity index (χ1v) is 9.86. The van der Waals surface area contributed by atoms with E-state index in [-0.39, 0.29) is 4.90 Å². The van der Waals surface area contributed by atoms with Gasteiger partial charge < -0.3 is 4.98 Å². The van der Waals surface area contributed by atoms with Gasteiger partial charge in [-0.15, -0.1) is 0 Å². The van der Waals surface area contributed by atoms with E-state index >= 15 is 0 Å². The lowest BCUT2D eigenvalue weighted by molar-refractivity contribution is 0.598. The maximum absolute atomic E-state index is 11.5. The van der Waals surface area contributed by atoms with E-state index in [2.05, 4.69) is 11.1 Å². The van der Waals surface area contributed by atoms with Gasteiger partial charge in [0.2, 0.25) is 10.0 Å². The highest BCUT2D eigenvalue weighted by atomic mass is 35.5. The molecule has 0 aliphatic carbocycles. The third kappa shape index (κ3) is 3.01. The second-order valence-corrected chi connectivity index (χ2v) is 7.99. The number of nitrogens with two attached hydrogens (primary N) is 1. The van der Waals surface area contributed by atoms with Crippen molar-refractivity contribution in [3.8, 4) is 22.4 Å². The number of benzene rings is 3. The summed E-state index contributed by atoms with van der Waals surface area (Å²) in [5.41, 5.74) is 4.86. The number of primary sulfonamides is 1. The van der Waals surface area contributed by atoms with Crippen LogP contribution in [0.3, 0.4) is 0 Å². The van der Waals surface area contributed by atoms with Gasteiger partial charge >= 0.3 is 0 Å². The van der Waals surface area contributed by atoms with Crippen molar-refractivity contribution in [2.45, 2.75) is 4.90 Å². The van der Waals surface area contributed by atoms with Crippen LogP contribution < -0.4 is 5.14 Å². The molecule has 0 bridgehead atoms. The maximum Gasteiger partial charge on any atom is 0.238 e. The van der Waals surface area contributed by atoms with Gasteiger partial charge in [-0.1, -0.05) is 54.1 Å². The number of hydrogen-bond acceptors (Lipinski definition) is 2. The molecule has 0 radical (unpaired) electrons. The molecule has 1 aromatic heterocycles. The summed E-state index contributed by atoms with van der Waals surface area (Å²) in [7, 11) is -3.72. The smallest absolute Gasteiger partial charge is 0.238 e. The van der Waals surface area contributed by atoms with Crippen molar-refractivity contribution >= 4 is 32.5 Å². The zero-order valence-electron chi connectivity index (χ0n) is 13.6. The normalized spacial score (nSPS) is 11.8. The fourth-order valence-corrected chi connectivity index (χ4v) is 3.73. The Bertz CT molecular complexity index is 1200. The molecule has 4 rings (SSSR count). The lowest BCUT2D eigenvalue weighted by Gasteiger charge is -2.07. The summed E-state index contributed by atoms with van der Waals surface area (Å²) in [6, 6.07) is 22.2. The van der Waals surface area contributed by atoms with Crippen molar-refractivity contribution in [2.75, 3.05) is 0 Å². The number of sulfonamides is 1. The summed E-state index contributed by atoms with van der Waals surface area (Å²) in [5, 5.41) is 6.95. The third-order valence-corrected chi connectivity index (χ3v) is 5.49. The van der Waals surface area contributed by atoms with E-state index in [0.29, 0.717) is 5.02 Å². The van der Waals surface area contributed by atoms with Gasteiger partial charge in [0, 0.05) is 21.5 Å². The largest absolute Gasteiger partial charge is 0.354 e. The van der Waals surface area contributed by atoms with Crippen LogP contribution in [0.5, 0.6) is 0 Å². The number of halogens is 1. The fourth-order valence-electron chi connectivity index (χ4n) is 3.09. The van der Waals surface area contributed by atoms with Gasteiger partial charge in [-0.05, 0) is 41.5 Å². The number of aromatic nitrogens is 1. The average molecular weight is 383 g/mol. The first-order valence-electron chi connectivity index (χ1n) is 7.93. The highest BCUT2D eigenvalue weighted by Gasteiger charge is 2.16. The van der Waals surface area contributed by atoms with Crippen LogP contribution in [0.2, 0.25) is 5.02 Å². The Morgan fingerprint density at radius 2 is 1.42 bits per heavy atom. The van der Waals surface area contributed by atoms with Crippen molar-refractivity contribution in [1.29, 1.82) is 0 Å². The standard InChI is InChI=1S/C20H15ClN2O2S/c21-15-9-5-13(6-10-15)19-17-3-1-2-4-18(17)23-20(19)14-7-11-16(12-8-14)26(22,24)25/h1-12,23H,(H2,22,24,25). The number of nitrogens with one attached hydrogen (secondary N) is 1. The highest BCUT2D eigenvalue weighted by molar-refractivity contribution is 7.89. The summed E-state index contributed by atoms with van der Waals surface area (Å²) in [5.74, 6) is 0. The van der Waals surface area contributed by atoms with Gasteiger partial charge in [-0.25, -0.2) is 13.6 Å². The summed E-state index contributed by atoms with van der Waals surface area (Å²) in [4.78, 5) is 3.53. The van der Waals surface area contributed by atoms with Gasteiger partial charge in [0.25, 0.3) is 0 Å². The van der Waals surface area contributed by atoms with E-state index in [1.165, 1.54) is 12.1 Å². The van der Waals surface area contributed by atoms with Crippen molar-refractivity contribution in [3.05, 3.63) is 77.8 Å². The average Bonchev–Trinajstić information content (AvgIpc) is 3.01. The second-order valence-electron chi connectivity index (χ2n) is 6.00. The predicted molar refractivity (Wildman–Crippen MR) is 106 cm³/mol. The molecule has 3 aromatic carbocycles. The third-order valence-electron chi connectivity index (χ3n) is 4.31. The van der Waals surface area contributed by atoms with Crippen LogP contribution in [0.4, 0.5) is 0 Å². The topological polar surface area (TPSA) is 76.0 Å². The van der Waals surface area contributed by atoms with Crippen LogP contribution in [0.25, 0.3) is 33.3 Å². The first kappa shape index (κ1) is 16.8. The molecule has 0 aliphatic heterocycles. The molecular formula is C20H15ClN2O2S. The summed E-state index contributed by atoms with van der Waals surface area (Å²) < 4.78 is 23.0. The molecule has 6 heteroatoms. The fraction of sp³-hybridized carbons (Fsp3) is 0. The van der Waals surface area contributed by atoms with E-state index in [0.717, 1.165) is 33.3 Å². The molecule has 0 amide bonds. The quantitative estimate of drug-likeness (QED) is 0.533. The molecular weight excluding hydrogens is 368 g/mol. The lowest BCUT2D eigenvalue weighted by atomic mass is 9.98. The van der Waals surface area contributed by atoms with Crippen LogP contribution in [0.1, 0.15) is 0 Å². The number of hydrogen-bond donors (Lipinski definition) is 2. The molecule has 26 heavy (non-hydrogen) atoms. The van der Waals surface area contributed by atoms with Crippen molar-refractivity contribution < 1.29 is 8.42 Å². The summed E-state index contributed by atoms with van der Waals surface area (Å²) in [6.07, 6.45) is 0. The van der Waals surface area contributed by atoms with E-state index in [4.69, 9.17) is 16.7 Å². The molecule has 0 fully saturated rings. The molecule has 0 atom stereocenters. The zero-order valence-corrected chi connectivity index (χ0v) is 15.2. The number of H-pyrrole nitrogens is 1. The summed E-state index contributed by atoms with van der Waals surface area (Å²) in [6.45, 7) is 0. The van der Waals surface area contributed by atoms with Crippen LogP contribution in [-0.2, 0) is 10.0 Å². The number of rotatable bonds is 3. The zero-order chi connectivity index (χ0) is 18.3. The molecule has 0 aliphatic rings. The molecule has 0 saturated carbocycles. The predicted octanol–water partition coefficient (Wildman–Crippen LogP) is 4.80. The Labute approximate surface area is 156 Å². The molecule has 1 heterocycles. The van der Waals surface area contributed by atoms with Crippen LogP contribution in [0, 0.1) is 0 Å². The van der Waals surface area contributed by atoms with Crippen LogP contribution >= 0.6 is 11.6 Å². The van der Waals surface area contributed by atoms with Gasteiger partial charge in [-0.3, -0.25) is 0 Å². The van der Waals surface area contributed by atoms with E-state index in [9.17, 15) is 8.42 Å². The highest BCUT2D eigenvalue weighted by Crippen LogP contribution is 2.38. The minimum atomic E-state index is -3.72. The van der Waals surface area contributed by atoms with Crippen molar-refractivity contribution in [3.63, 3.8) is 0 Å². The van der Waals surface area contributed by atoms with E-state index in [1.54, 1.807) is 12.1 Å². The Morgan fingerprint density at radius 1 is 0.808 bits per heavy atom. The van der Waals surface area contributed by atoms with Crippen molar-refractivity contribution in [1.82, 2.24) is 4.98 Å². The lowest BCUT2D eigenvalue weighted by Crippen LogP contribution is -2.11. The van der Waals surface area contributed by atoms with E-state index in [1.807, 2.05) is 42.5 Å². The Balaban J connectivity index is 1.95. The molecule has 0 unspecified atom stereocenters. The van der Waals surface area contributed by atoms with Crippen LogP contribution in [0.15, 0.2) is 77.7 Å². The van der Waals surface area contributed by atoms with Gasteiger partial charge in [-0.2, -0.15) is 0 Å². The van der Waals surface area contributed by atoms with Crippen molar-refractivity contribution in [2.24, 2.45) is 5.14 Å². The summed E-state index contributed by atoms with van der Waals surface area (Å²) >= 11 is 6.03. The Hall–Kier alpha value is -2.60. The molecule has 4 aromatic rings. The van der Waals surface area contributed by atoms with Gasteiger partial charge in [0.05, 0.1) is 10.6 Å². The number of aromatic amines is 1. The van der Waals surface area contributed by atoms with E-state index < -0.39 is 10.0 Å². The number of fused-ring (bicyclic) bond motifs is 1. The van der Waals surface area contributed by atoms with Gasteiger partial charge in [0.1, 0.15) is 0 Å². The first-order chi connectivity index (χ1) is 12.4. The Kier molecular flexibility index (Phi) is 4.07. The molecule has 4 nitrogen and oxygen atoms in total. The molecule has 3 N–H and O–H groups in total. The molecule has 130 valence electrons.